The van der Waals surface area contributed by atoms with Crippen molar-refractivity contribution in [1.82, 2.24) is 24.6 Å². The smallest absolute Gasteiger partial charge is 0.359 e. The number of ether oxygens (including phenoxy) is 1. The predicted molar refractivity (Wildman–Crippen MR) is 89.4 cm³/mol. The minimum Gasteiger partial charge on any atom is -0.461 e. The number of hydrogen-bond acceptors (Lipinski definition) is 5. The van der Waals surface area contributed by atoms with Crippen molar-refractivity contribution in [3.05, 3.63) is 35.2 Å². The molecule has 0 amide bonds. The fraction of sp³-hybridized carbons (Fsp3) is 0.588. The van der Waals surface area contributed by atoms with E-state index in [9.17, 15) is 4.79 Å². The number of H-pyrrole nitrogens is 1. The van der Waals surface area contributed by atoms with E-state index in [0.29, 0.717) is 24.8 Å². The molecule has 130 valence electrons. The number of carbonyl (C=O) groups is 1. The van der Waals surface area contributed by atoms with E-state index in [2.05, 4.69) is 33.8 Å². The van der Waals surface area contributed by atoms with Crippen molar-refractivity contribution >= 4 is 5.97 Å². The molecule has 7 nitrogen and oxygen atoms in total. The molecule has 1 N–H and O–H groups in total. The van der Waals surface area contributed by atoms with E-state index in [1.54, 1.807) is 6.20 Å². The van der Waals surface area contributed by atoms with Gasteiger partial charge in [0.25, 0.3) is 0 Å². The van der Waals surface area contributed by atoms with Crippen molar-refractivity contribution in [3.63, 3.8) is 0 Å². The lowest BCUT2D eigenvalue weighted by Crippen LogP contribution is -2.32. The summed E-state index contributed by atoms with van der Waals surface area (Å²) in [7, 11) is 0. The van der Waals surface area contributed by atoms with Gasteiger partial charge in [-0.15, -0.1) is 0 Å². The van der Waals surface area contributed by atoms with E-state index >= 15 is 0 Å². The summed E-state index contributed by atoms with van der Waals surface area (Å²) in [5.41, 5.74) is 2.64. The second-order valence-electron chi connectivity index (χ2n) is 6.57. The second kappa shape index (κ2) is 7.17. The van der Waals surface area contributed by atoms with Crippen LogP contribution in [0.1, 0.15) is 48.3 Å². The zero-order valence-corrected chi connectivity index (χ0v) is 14.6. The third-order valence-electron chi connectivity index (χ3n) is 4.15. The standard InChI is InChI=1S/C17H25N5O2/c1-4-24-17(23)16-13-10-21(11-15-18-6-7-19-15)8-5-14(13)22(20-16)9-12(2)3/h6-7,12H,4-5,8-11H2,1-3H3,(H,18,19). The van der Waals surface area contributed by atoms with Crippen molar-refractivity contribution in [1.29, 1.82) is 0 Å². The number of hydrogen-bond donors (Lipinski definition) is 1. The molecule has 0 spiro atoms. The predicted octanol–water partition coefficient (Wildman–Crippen LogP) is 2.00. The Bertz CT molecular complexity index is 690. The van der Waals surface area contributed by atoms with Crippen LogP contribution in [0.5, 0.6) is 0 Å². The highest BCUT2D eigenvalue weighted by Crippen LogP contribution is 2.25. The van der Waals surface area contributed by atoms with Crippen LogP contribution >= 0.6 is 0 Å². The van der Waals surface area contributed by atoms with Gasteiger partial charge in [-0.05, 0) is 12.8 Å². The Balaban J connectivity index is 1.86. The van der Waals surface area contributed by atoms with E-state index in [1.807, 2.05) is 17.8 Å². The van der Waals surface area contributed by atoms with Crippen molar-refractivity contribution in [2.75, 3.05) is 13.2 Å². The average molecular weight is 331 g/mol. The summed E-state index contributed by atoms with van der Waals surface area (Å²) in [6.45, 7) is 9.68. The summed E-state index contributed by atoms with van der Waals surface area (Å²) in [6, 6.07) is 0. The number of fused-ring (bicyclic) bond motifs is 1. The molecule has 0 aliphatic carbocycles. The molecule has 2 aromatic heterocycles. The van der Waals surface area contributed by atoms with E-state index in [1.165, 1.54) is 5.69 Å². The molecule has 1 aliphatic rings. The maximum Gasteiger partial charge on any atom is 0.359 e. The van der Waals surface area contributed by atoms with Crippen LogP contribution in [0.2, 0.25) is 0 Å². The van der Waals surface area contributed by atoms with Gasteiger partial charge in [-0.2, -0.15) is 5.10 Å². The lowest BCUT2D eigenvalue weighted by molar-refractivity contribution is 0.0515. The van der Waals surface area contributed by atoms with E-state index in [0.717, 1.165) is 37.4 Å². The number of esters is 1. The topological polar surface area (TPSA) is 76.0 Å². The van der Waals surface area contributed by atoms with Crippen molar-refractivity contribution in [2.24, 2.45) is 5.92 Å². The highest BCUT2D eigenvalue weighted by molar-refractivity contribution is 5.89. The van der Waals surface area contributed by atoms with Crippen molar-refractivity contribution in [2.45, 2.75) is 46.8 Å². The Labute approximate surface area is 142 Å². The van der Waals surface area contributed by atoms with Crippen LogP contribution in [0.15, 0.2) is 12.4 Å². The minimum atomic E-state index is -0.323. The van der Waals surface area contributed by atoms with Gasteiger partial charge in [0.1, 0.15) is 5.82 Å². The summed E-state index contributed by atoms with van der Waals surface area (Å²) >= 11 is 0. The number of aromatic nitrogens is 4. The molecule has 0 saturated heterocycles. The van der Waals surface area contributed by atoms with Gasteiger partial charge in [0.15, 0.2) is 5.69 Å². The first-order valence-electron chi connectivity index (χ1n) is 8.54. The largest absolute Gasteiger partial charge is 0.461 e. The fourth-order valence-electron chi connectivity index (χ4n) is 3.14. The lowest BCUT2D eigenvalue weighted by Gasteiger charge is -2.27. The van der Waals surface area contributed by atoms with E-state index in [-0.39, 0.29) is 5.97 Å². The molecular weight excluding hydrogens is 306 g/mol. The van der Waals surface area contributed by atoms with Crippen LogP contribution in [-0.2, 0) is 30.8 Å². The van der Waals surface area contributed by atoms with Gasteiger partial charge in [0.05, 0.1) is 13.2 Å². The first kappa shape index (κ1) is 16.7. The van der Waals surface area contributed by atoms with Gasteiger partial charge in [0.2, 0.25) is 0 Å². The Hall–Kier alpha value is -2.15. The summed E-state index contributed by atoms with van der Waals surface area (Å²) in [6.07, 6.45) is 4.47. The van der Waals surface area contributed by atoms with Gasteiger partial charge < -0.3 is 9.72 Å². The van der Waals surface area contributed by atoms with Crippen LogP contribution in [0, 0.1) is 5.92 Å². The lowest BCUT2D eigenvalue weighted by atomic mass is 10.0. The van der Waals surface area contributed by atoms with Gasteiger partial charge in [-0.3, -0.25) is 9.58 Å². The number of rotatable bonds is 6. The van der Waals surface area contributed by atoms with Gasteiger partial charge in [-0.25, -0.2) is 9.78 Å². The van der Waals surface area contributed by atoms with E-state index in [4.69, 9.17) is 4.74 Å². The fourth-order valence-corrected chi connectivity index (χ4v) is 3.14. The molecule has 0 fully saturated rings. The molecule has 1 aliphatic heterocycles. The van der Waals surface area contributed by atoms with Gasteiger partial charge >= 0.3 is 5.97 Å². The Morgan fingerprint density at radius 2 is 2.29 bits per heavy atom. The minimum absolute atomic E-state index is 0.323. The van der Waals surface area contributed by atoms with Crippen LogP contribution in [0.4, 0.5) is 0 Å². The van der Waals surface area contributed by atoms with Crippen LogP contribution in [0.3, 0.4) is 0 Å². The molecular formula is C17H25N5O2. The molecule has 3 rings (SSSR count). The van der Waals surface area contributed by atoms with Crippen LogP contribution in [-0.4, -0.2) is 43.8 Å². The molecule has 2 aromatic rings. The molecule has 0 atom stereocenters. The summed E-state index contributed by atoms with van der Waals surface area (Å²) in [4.78, 5) is 22.0. The van der Waals surface area contributed by atoms with Crippen molar-refractivity contribution in [3.8, 4) is 0 Å². The molecule has 7 heteroatoms. The first-order chi connectivity index (χ1) is 11.6. The summed E-state index contributed by atoms with van der Waals surface area (Å²) < 4.78 is 7.20. The first-order valence-corrected chi connectivity index (χ1v) is 8.54. The molecule has 24 heavy (non-hydrogen) atoms. The summed E-state index contributed by atoms with van der Waals surface area (Å²) in [5, 5.41) is 4.57. The SMILES string of the molecule is CCOC(=O)c1nn(CC(C)C)c2c1CN(Cc1ncc[nH]1)CC2. The average Bonchev–Trinajstić information content (AvgIpc) is 3.15. The quantitative estimate of drug-likeness (QED) is 0.819. The molecule has 0 aromatic carbocycles. The number of carbonyl (C=O) groups excluding carboxylic acids is 1. The third-order valence-corrected chi connectivity index (χ3v) is 4.15. The summed E-state index contributed by atoms with van der Waals surface area (Å²) in [5.74, 6) is 1.09. The number of aromatic amines is 1. The highest BCUT2D eigenvalue weighted by Gasteiger charge is 2.29. The van der Waals surface area contributed by atoms with Gasteiger partial charge in [-0.1, -0.05) is 13.8 Å². The normalized spacial score (nSPS) is 14.8. The van der Waals surface area contributed by atoms with E-state index < -0.39 is 0 Å². The maximum absolute atomic E-state index is 12.3. The molecule has 0 bridgehead atoms. The highest BCUT2D eigenvalue weighted by atomic mass is 16.5. The molecule has 0 unspecified atom stereocenters. The number of imidazole rings is 1. The second-order valence-corrected chi connectivity index (χ2v) is 6.57. The van der Waals surface area contributed by atoms with Gasteiger partial charge in [0, 0.05) is 49.7 Å². The zero-order chi connectivity index (χ0) is 17.1. The van der Waals surface area contributed by atoms with Crippen LogP contribution < -0.4 is 0 Å². The molecule has 3 heterocycles. The van der Waals surface area contributed by atoms with Crippen LogP contribution in [0.25, 0.3) is 0 Å². The third kappa shape index (κ3) is 3.51. The Morgan fingerprint density at radius 1 is 1.46 bits per heavy atom. The monoisotopic (exact) mass is 331 g/mol. The molecule has 0 saturated carbocycles. The number of nitrogens with one attached hydrogen (secondary N) is 1. The zero-order valence-electron chi connectivity index (χ0n) is 14.6. The Kier molecular flexibility index (Phi) is 4.99. The molecule has 0 radical (unpaired) electrons. The number of nitrogens with zero attached hydrogens (tertiary/aromatic N) is 4. The maximum atomic E-state index is 12.3. The Morgan fingerprint density at radius 3 is 2.96 bits per heavy atom. The van der Waals surface area contributed by atoms with Crippen molar-refractivity contribution < 1.29 is 9.53 Å².